The van der Waals surface area contributed by atoms with Gasteiger partial charge >= 0.3 is 5.97 Å². The summed E-state index contributed by atoms with van der Waals surface area (Å²) >= 11 is 0. The number of hydrogen-bond donors (Lipinski definition) is 0. The van der Waals surface area contributed by atoms with Crippen molar-refractivity contribution < 1.29 is 13.9 Å². The number of oxazole rings is 1. The fourth-order valence-corrected chi connectivity index (χ4v) is 4.00. The van der Waals surface area contributed by atoms with Gasteiger partial charge in [0, 0.05) is 32.2 Å². The van der Waals surface area contributed by atoms with Gasteiger partial charge in [0.1, 0.15) is 5.52 Å². The predicted octanol–water partition coefficient (Wildman–Crippen LogP) is 3.96. The Bertz CT molecular complexity index is 983. The zero-order chi connectivity index (χ0) is 20.4. The Morgan fingerprint density at radius 2 is 1.97 bits per heavy atom. The third kappa shape index (κ3) is 3.98. The number of rotatable bonds is 5. The lowest BCUT2D eigenvalue weighted by Crippen LogP contribution is -2.55. The van der Waals surface area contributed by atoms with E-state index in [-0.39, 0.29) is 6.04 Å². The first kappa shape index (κ1) is 19.5. The number of nitrogens with zero attached hydrogens (tertiary/aromatic N) is 3. The molecule has 3 aromatic rings. The van der Waals surface area contributed by atoms with Crippen LogP contribution in [0.25, 0.3) is 11.1 Å². The molecular weight excluding hydrogens is 366 g/mol. The van der Waals surface area contributed by atoms with Crippen molar-refractivity contribution in [3.05, 3.63) is 59.7 Å². The molecule has 29 heavy (non-hydrogen) atoms. The molecule has 1 saturated heterocycles. The number of methoxy groups -OCH3 is 1. The van der Waals surface area contributed by atoms with Crippen LogP contribution >= 0.6 is 0 Å². The largest absolute Gasteiger partial charge is 0.465 e. The summed E-state index contributed by atoms with van der Waals surface area (Å²) in [6, 6.07) is 16.8. The molecule has 152 valence electrons. The Morgan fingerprint density at radius 3 is 2.69 bits per heavy atom. The van der Waals surface area contributed by atoms with Crippen LogP contribution in [0.3, 0.4) is 0 Å². The van der Waals surface area contributed by atoms with E-state index in [1.807, 2.05) is 12.1 Å². The lowest BCUT2D eigenvalue weighted by atomic mass is 9.99. The van der Waals surface area contributed by atoms with Crippen molar-refractivity contribution in [1.82, 2.24) is 9.88 Å². The molecule has 1 aromatic heterocycles. The topological polar surface area (TPSA) is 58.8 Å². The van der Waals surface area contributed by atoms with Gasteiger partial charge in [-0.15, -0.1) is 0 Å². The maximum absolute atomic E-state index is 12.1. The summed E-state index contributed by atoms with van der Waals surface area (Å²) < 4.78 is 11.0. The van der Waals surface area contributed by atoms with Crippen molar-refractivity contribution in [3.63, 3.8) is 0 Å². The van der Waals surface area contributed by atoms with E-state index in [1.54, 1.807) is 12.1 Å². The number of piperazine rings is 1. The second-order valence-electron chi connectivity index (χ2n) is 7.87. The van der Waals surface area contributed by atoms with E-state index in [2.05, 4.69) is 52.9 Å². The van der Waals surface area contributed by atoms with Crippen LogP contribution in [0.1, 0.15) is 29.8 Å². The molecule has 0 bridgehead atoms. The summed E-state index contributed by atoms with van der Waals surface area (Å²) in [5.74, 6) is 0.0344. The maximum Gasteiger partial charge on any atom is 0.340 e. The second kappa shape index (κ2) is 8.25. The Labute approximate surface area is 171 Å². The first-order valence-electron chi connectivity index (χ1n) is 10.1. The van der Waals surface area contributed by atoms with Crippen molar-refractivity contribution in [2.45, 2.75) is 26.4 Å². The van der Waals surface area contributed by atoms with E-state index < -0.39 is 5.97 Å². The SMILES string of the molecule is COC(=O)c1cccc2oc(N3CCN(Cc4ccccc4)C[C@@H]3C(C)C)nc12. The van der Waals surface area contributed by atoms with Crippen LogP contribution in [0, 0.1) is 5.92 Å². The molecule has 1 aliphatic heterocycles. The van der Waals surface area contributed by atoms with Crippen LogP contribution in [-0.2, 0) is 11.3 Å². The number of para-hydroxylation sites is 1. The molecule has 1 aliphatic rings. The van der Waals surface area contributed by atoms with Crippen LogP contribution < -0.4 is 4.90 Å². The molecule has 4 rings (SSSR count). The minimum absolute atomic E-state index is 0.280. The molecule has 6 nitrogen and oxygen atoms in total. The fraction of sp³-hybridized carbons (Fsp3) is 0.391. The second-order valence-corrected chi connectivity index (χ2v) is 7.87. The van der Waals surface area contributed by atoms with Gasteiger partial charge < -0.3 is 14.1 Å². The average molecular weight is 393 g/mol. The molecule has 2 aromatic carbocycles. The van der Waals surface area contributed by atoms with Crippen LogP contribution in [0.15, 0.2) is 52.9 Å². The van der Waals surface area contributed by atoms with E-state index in [9.17, 15) is 4.79 Å². The van der Waals surface area contributed by atoms with Gasteiger partial charge in [-0.25, -0.2) is 4.79 Å². The molecule has 0 unspecified atom stereocenters. The van der Waals surface area contributed by atoms with Crippen LogP contribution in [0.4, 0.5) is 6.01 Å². The monoisotopic (exact) mass is 393 g/mol. The van der Waals surface area contributed by atoms with Gasteiger partial charge in [0.2, 0.25) is 0 Å². The van der Waals surface area contributed by atoms with Gasteiger partial charge in [-0.05, 0) is 23.6 Å². The molecule has 0 N–H and O–H groups in total. The number of aromatic nitrogens is 1. The number of hydrogen-bond acceptors (Lipinski definition) is 6. The van der Waals surface area contributed by atoms with Gasteiger partial charge in [0.05, 0.1) is 12.7 Å². The number of carbonyl (C=O) groups is 1. The van der Waals surface area contributed by atoms with E-state index in [0.717, 1.165) is 26.2 Å². The van der Waals surface area contributed by atoms with E-state index >= 15 is 0 Å². The van der Waals surface area contributed by atoms with Crippen molar-refractivity contribution >= 4 is 23.1 Å². The summed E-state index contributed by atoms with van der Waals surface area (Å²) in [7, 11) is 1.38. The summed E-state index contributed by atoms with van der Waals surface area (Å²) in [6.07, 6.45) is 0. The van der Waals surface area contributed by atoms with Gasteiger partial charge in [0.25, 0.3) is 6.01 Å². The van der Waals surface area contributed by atoms with Crippen LogP contribution in [-0.4, -0.2) is 48.6 Å². The van der Waals surface area contributed by atoms with Crippen molar-refractivity contribution in [2.75, 3.05) is 31.6 Å². The molecule has 0 saturated carbocycles. The van der Waals surface area contributed by atoms with E-state index in [0.29, 0.717) is 28.6 Å². The molecule has 6 heteroatoms. The van der Waals surface area contributed by atoms with Crippen molar-refractivity contribution in [1.29, 1.82) is 0 Å². The highest BCUT2D eigenvalue weighted by molar-refractivity contribution is 6.01. The number of fused-ring (bicyclic) bond motifs is 1. The summed E-state index contributed by atoms with van der Waals surface area (Å²) in [6.45, 7) is 8.10. The number of benzene rings is 2. The summed E-state index contributed by atoms with van der Waals surface area (Å²) in [4.78, 5) is 21.5. The van der Waals surface area contributed by atoms with Gasteiger partial charge in [-0.1, -0.05) is 50.2 Å². The quantitative estimate of drug-likeness (QED) is 0.612. The number of ether oxygens (including phenoxy) is 1. The Morgan fingerprint density at radius 1 is 1.17 bits per heavy atom. The van der Waals surface area contributed by atoms with Gasteiger partial charge in [-0.2, -0.15) is 4.98 Å². The van der Waals surface area contributed by atoms with Gasteiger partial charge in [0.15, 0.2) is 5.58 Å². The molecular formula is C23H27N3O3. The third-order valence-electron chi connectivity index (χ3n) is 5.58. The molecule has 0 amide bonds. The molecule has 0 radical (unpaired) electrons. The first-order valence-corrected chi connectivity index (χ1v) is 10.1. The predicted molar refractivity (Wildman–Crippen MR) is 113 cm³/mol. The molecule has 0 aliphatic carbocycles. The Hall–Kier alpha value is -2.86. The smallest absolute Gasteiger partial charge is 0.340 e. The maximum atomic E-state index is 12.1. The summed E-state index contributed by atoms with van der Waals surface area (Å²) in [5, 5.41) is 0. The molecule has 1 atom stereocenters. The number of carbonyl (C=O) groups excluding carboxylic acids is 1. The average Bonchev–Trinajstić information content (AvgIpc) is 3.18. The van der Waals surface area contributed by atoms with E-state index in [1.165, 1.54) is 12.7 Å². The minimum Gasteiger partial charge on any atom is -0.465 e. The van der Waals surface area contributed by atoms with Gasteiger partial charge in [-0.3, -0.25) is 4.90 Å². The highest BCUT2D eigenvalue weighted by atomic mass is 16.5. The zero-order valence-corrected chi connectivity index (χ0v) is 17.2. The van der Waals surface area contributed by atoms with Crippen LogP contribution in [0.2, 0.25) is 0 Å². The lowest BCUT2D eigenvalue weighted by Gasteiger charge is -2.42. The summed E-state index contributed by atoms with van der Waals surface area (Å²) in [5.41, 5.74) is 2.93. The number of anilines is 1. The lowest BCUT2D eigenvalue weighted by molar-refractivity contribution is 0.0602. The number of esters is 1. The highest BCUT2D eigenvalue weighted by Gasteiger charge is 2.32. The molecule has 0 spiro atoms. The highest BCUT2D eigenvalue weighted by Crippen LogP contribution is 2.30. The molecule has 1 fully saturated rings. The van der Waals surface area contributed by atoms with Crippen molar-refractivity contribution in [2.24, 2.45) is 5.92 Å². The standard InChI is InChI=1S/C23H27N3O3/c1-16(2)19-15-25(14-17-8-5-4-6-9-17)12-13-26(19)23-24-21-18(22(27)28-3)10-7-11-20(21)29-23/h4-11,16,19H,12-15H2,1-3H3/t19-/m1/s1. The van der Waals surface area contributed by atoms with E-state index in [4.69, 9.17) is 9.15 Å². The Balaban J connectivity index is 1.59. The third-order valence-corrected chi connectivity index (χ3v) is 5.58. The molecule has 2 heterocycles. The first-order chi connectivity index (χ1) is 14.1. The fourth-order valence-electron chi connectivity index (χ4n) is 4.00. The Kier molecular flexibility index (Phi) is 5.53. The van der Waals surface area contributed by atoms with Crippen molar-refractivity contribution in [3.8, 4) is 0 Å². The van der Waals surface area contributed by atoms with Crippen LogP contribution in [0.5, 0.6) is 0 Å². The minimum atomic E-state index is -0.400. The normalized spacial score (nSPS) is 17.8. The zero-order valence-electron chi connectivity index (χ0n) is 17.2.